The van der Waals surface area contributed by atoms with E-state index in [9.17, 15) is 24.0 Å². The summed E-state index contributed by atoms with van der Waals surface area (Å²) in [6, 6.07) is 14.5. The number of carbonyl (C=O) groups excluding carboxylic acids is 5. The van der Waals surface area contributed by atoms with Crippen LogP contribution in [0, 0.1) is 0 Å². The van der Waals surface area contributed by atoms with Gasteiger partial charge in [-0.25, -0.2) is 0 Å². The van der Waals surface area contributed by atoms with Gasteiger partial charge >= 0.3 is 0 Å². The van der Waals surface area contributed by atoms with Gasteiger partial charge in [-0.1, -0.05) is 62.4 Å². The van der Waals surface area contributed by atoms with E-state index < -0.39 is 53.7 Å². The molecule has 1 aliphatic rings. The number of aromatic amines is 1. The van der Waals surface area contributed by atoms with Crippen LogP contribution in [0.15, 0.2) is 66.9 Å². The Balaban J connectivity index is 1.50. The lowest BCUT2D eigenvalue weighted by Crippen LogP contribution is -2.57. The highest BCUT2D eigenvalue weighted by atomic mass is 16.2. The van der Waals surface area contributed by atoms with E-state index in [1.165, 1.54) is 11.8 Å². The first-order chi connectivity index (χ1) is 24.0. The second kappa shape index (κ2) is 15.8. The quantitative estimate of drug-likeness (QED) is 0.201. The van der Waals surface area contributed by atoms with Crippen LogP contribution in [0.1, 0.15) is 67.8 Å². The molecule has 1 fully saturated rings. The van der Waals surface area contributed by atoms with Gasteiger partial charge in [0.25, 0.3) is 5.91 Å². The molecule has 0 aliphatic carbocycles. The number of hydrogen-bond donors (Lipinski definition) is 5. The van der Waals surface area contributed by atoms with Crippen LogP contribution in [0.4, 0.5) is 0 Å². The average molecular weight is 683 g/mol. The number of nitrogens with one attached hydrogen (secondary N) is 5. The lowest BCUT2D eigenvalue weighted by Gasteiger charge is -2.30. The molecule has 3 heterocycles. The lowest BCUT2D eigenvalue weighted by molar-refractivity contribution is -0.133. The van der Waals surface area contributed by atoms with Gasteiger partial charge in [-0.2, -0.15) is 5.10 Å². The van der Waals surface area contributed by atoms with E-state index in [1.807, 2.05) is 75.4 Å². The van der Waals surface area contributed by atoms with Crippen molar-refractivity contribution in [2.75, 3.05) is 13.1 Å². The van der Waals surface area contributed by atoms with Gasteiger partial charge in [0.05, 0.1) is 5.69 Å². The number of benzene rings is 2. The fourth-order valence-corrected chi connectivity index (χ4v) is 6.07. The van der Waals surface area contributed by atoms with Crippen LogP contribution < -0.4 is 21.3 Å². The second-order valence-corrected chi connectivity index (χ2v) is 13.0. The molecule has 5 amide bonds. The van der Waals surface area contributed by atoms with E-state index in [1.54, 1.807) is 23.9 Å². The molecule has 1 saturated heterocycles. The molecule has 0 bridgehead atoms. The SMILES string of the molecule is CCn1nc(C(C)C)cc1C(=O)N1CCNC(=O)[C@H](Cc2ccccc2)NC(=O)[C@H](C)NC(=O)[C@@H](Cc2c[nH]c3ccccc23)NC(=O)[C@H]1C. The van der Waals surface area contributed by atoms with Crippen LogP contribution >= 0.6 is 0 Å². The Kier molecular flexibility index (Phi) is 11.3. The number of rotatable bonds is 7. The van der Waals surface area contributed by atoms with Crippen molar-refractivity contribution in [3.63, 3.8) is 0 Å². The van der Waals surface area contributed by atoms with E-state index in [2.05, 4.69) is 31.3 Å². The fourth-order valence-electron chi connectivity index (χ4n) is 6.07. The molecule has 4 atom stereocenters. The molecule has 264 valence electrons. The first-order valence-electron chi connectivity index (χ1n) is 17.1. The summed E-state index contributed by atoms with van der Waals surface area (Å²) in [6.07, 6.45) is 2.11. The Bertz CT molecular complexity index is 1850. The standard InChI is InChI=1S/C37H46N8O5/c1-6-45-32(20-29(43-45)22(2)3)37(50)44-17-16-38-35(48)30(18-25-12-8-7-9-13-25)41-33(46)23(4)40-36(49)31(42-34(47)24(44)5)19-26-21-39-28-15-11-10-14-27(26)28/h7-15,20-24,30-31,39H,6,16-19H2,1-5H3,(H,38,48)(H,40,49)(H,41,46)(H,42,47)/t23-,24+,30-,31+/m0/s1. The topological polar surface area (TPSA) is 170 Å². The van der Waals surface area contributed by atoms with E-state index in [0.717, 1.165) is 27.7 Å². The fraction of sp³-hybridized carbons (Fsp3) is 0.405. The number of amides is 5. The van der Waals surface area contributed by atoms with Crippen LogP contribution in [0.5, 0.6) is 0 Å². The summed E-state index contributed by atoms with van der Waals surface area (Å²) in [7, 11) is 0. The number of fused-ring (bicyclic) bond motifs is 1. The third kappa shape index (κ3) is 8.21. The van der Waals surface area contributed by atoms with Crippen LogP contribution in [-0.2, 0) is 38.6 Å². The summed E-state index contributed by atoms with van der Waals surface area (Å²) in [5, 5.41) is 16.7. The average Bonchev–Trinajstić information content (AvgIpc) is 3.73. The smallest absolute Gasteiger partial charge is 0.272 e. The van der Waals surface area contributed by atoms with Crippen molar-refractivity contribution >= 4 is 40.4 Å². The predicted octanol–water partition coefficient (Wildman–Crippen LogP) is 2.43. The number of nitrogens with zero attached hydrogens (tertiary/aromatic N) is 3. The van der Waals surface area contributed by atoms with E-state index in [-0.39, 0.29) is 31.8 Å². The maximum absolute atomic E-state index is 14.2. The predicted molar refractivity (Wildman–Crippen MR) is 189 cm³/mol. The molecule has 13 heteroatoms. The third-order valence-corrected chi connectivity index (χ3v) is 9.07. The van der Waals surface area contributed by atoms with Crippen LogP contribution in [0.2, 0.25) is 0 Å². The minimum Gasteiger partial charge on any atom is -0.361 e. The molecule has 2 aromatic heterocycles. The Morgan fingerprint density at radius 1 is 0.860 bits per heavy atom. The summed E-state index contributed by atoms with van der Waals surface area (Å²) in [5.74, 6) is -2.53. The number of para-hydroxylation sites is 1. The highest BCUT2D eigenvalue weighted by Gasteiger charge is 2.34. The Hall–Kier alpha value is -5.46. The summed E-state index contributed by atoms with van der Waals surface area (Å²) < 4.78 is 1.61. The summed E-state index contributed by atoms with van der Waals surface area (Å²) in [4.78, 5) is 73.6. The van der Waals surface area contributed by atoms with Crippen molar-refractivity contribution in [1.82, 2.24) is 40.9 Å². The molecule has 50 heavy (non-hydrogen) atoms. The molecule has 13 nitrogen and oxygen atoms in total. The number of aromatic nitrogens is 3. The maximum atomic E-state index is 14.2. The van der Waals surface area contributed by atoms with Crippen molar-refractivity contribution in [2.24, 2.45) is 0 Å². The van der Waals surface area contributed by atoms with E-state index in [0.29, 0.717) is 12.2 Å². The van der Waals surface area contributed by atoms with Gasteiger partial charge in [0.2, 0.25) is 23.6 Å². The zero-order valence-corrected chi connectivity index (χ0v) is 29.2. The molecule has 0 spiro atoms. The molecule has 5 N–H and O–H groups in total. The van der Waals surface area contributed by atoms with Crippen molar-refractivity contribution in [2.45, 2.75) is 84.1 Å². The van der Waals surface area contributed by atoms with E-state index in [4.69, 9.17) is 0 Å². The van der Waals surface area contributed by atoms with Crippen molar-refractivity contribution in [3.05, 3.63) is 89.4 Å². The minimum atomic E-state index is -1.09. The number of hydrogen-bond acceptors (Lipinski definition) is 6. The normalized spacial score (nSPS) is 21.2. The molecule has 0 saturated carbocycles. The van der Waals surface area contributed by atoms with Gasteiger partial charge in [0.1, 0.15) is 29.9 Å². The van der Waals surface area contributed by atoms with Gasteiger partial charge in [-0.15, -0.1) is 0 Å². The van der Waals surface area contributed by atoms with Gasteiger partial charge in [-0.05, 0) is 49.9 Å². The number of aryl methyl sites for hydroxylation is 1. The molecular formula is C37H46N8O5. The molecule has 5 rings (SSSR count). The first kappa shape index (κ1) is 35.8. The molecule has 0 radical (unpaired) electrons. The zero-order chi connectivity index (χ0) is 35.9. The molecule has 0 unspecified atom stereocenters. The Morgan fingerprint density at radius 2 is 1.54 bits per heavy atom. The van der Waals surface area contributed by atoms with Gasteiger partial charge in [0, 0.05) is 49.6 Å². The van der Waals surface area contributed by atoms with Gasteiger partial charge < -0.3 is 31.2 Å². The minimum absolute atomic E-state index is 0.00611. The van der Waals surface area contributed by atoms with Gasteiger partial charge in [0.15, 0.2) is 0 Å². The van der Waals surface area contributed by atoms with Crippen molar-refractivity contribution in [1.29, 1.82) is 0 Å². The van der Waals surface area contributed by atoms with Crippen LogP contribution in [0.3, 0.4) is 0 Å². The summed E-state index contributed by atoms with van der Waals surface area (Å²) in [6.45, 7) is 9.39. The van der Waals surface area contributed by atoms with Crippen molar-refractivity contribution in [3.8, 4) is 0 Å². The molecule has 4 aromatic rings. The van der Waals surface area contributed by atoms with Crippen LogP contribution in [0.25, 0.3) is 10.9 Å². The first-order valence-corrected chi connectivity index (χ1v) is 17.1. The highest BCUT2D eigenvalue weighted by molar-refractivity contribution is 5.98. The molecular weight excluding hydrogens is 636 g/mol. The monoisotopic (exact) mass is 682 g/mol. The zero-order valence-electron chi connectivity index (χ0n) is 29.2. The Morgan fingerprint density at radius 3 is 2.26 bits per heavy atom. The number of H-pyrrole nitrogens is 1. The summed E-state index contributed by atoms with van der Waals surface area (Å²) >= 11 is 0. The second-order valence-electron chi connectivity index (χ2n) is 13.0. The largest absolute Gasteiger partial charge is 0.361 e. The molecule has 2 aromatic carbocycles. The Labute approximate surface area is 291 Å². The highest BCUT2D eigenvalue weighted by Crippen LogP contribution is 2.21. The maximum Gasteiger partial charge on any atom is 0.272 e. The van der Waals surface area contributed by atoms with Gasteiger partial charge in [-0.3, -0.25) is 28.7 Å². The number of carbonyl (C=O) groups is 5. The van der Waals surface area contributed by atoms with Crippen molar-refractivity contribution < 1.29 is 24.0 Å². The molecule has 1 aliphatic heterocycles. The van der Waals surface area contributed by atoms with Crippen LogP contribution in [-0.4, -0.2) is 86.5 Å². The third-order valence-electron chi connectivity index (χ3n) is 9.07. The lowest BCUT2D eigenvalue weighted by atomic mass is 10.0. The van der Waals surface area contributed by atoms with E-state index >= 15 is 0 Å². The summed E-state index contributed by atoms with van der Waals surface area (Å²) in [5.41, 5.74) is 3.55.